The van der Waals surface area contributed by atoms with Crippen molar-refractivity contribution >= 4 is 11.9 Å². The smallest absolute Gasteiger partial charge is 0.310 e. The largest absolute Gasteiger partial charge is 0.469 e. The van der Waals surface area contributed by atoms with Crippen LogP contribution in [0.3, 0.4) is 0 Å². The van der Waals surface area contributed by atoms with E-state index in [-0.39, 0.29) is 23.7 Å². The van der Waals surface area contributed by atoms with Gasteiger partial charge in [-0.2, -0.15) is 0 Å². The number of amides is 1. The molecular formula is C12H19NO4. The maximum atomic E-state index is 12.2. The zero-order valence-electron chi connectivity index (χ0n) is 10.2. The van der Waals surface area contributed by atoms with Crippen molar-refractivity contribution in [3.8, 4) is 0 Å². The zero-order chi connectivity index (χ0) is 12.3. The van der Waals surface area contributed by atoms with E-state index in [0.717, 1.165) is 19.3 Å². The van der Waals surface area contributed by atoms with Crippen LogP contribution in [-0.2, 0) is 19.1 Å². The monoisotopic (exact) mass is 241 g/mol. The number of hydrogen-bond donors (Lipinski definition) is 0. The number of nitrogens with zero attached hydrogens (tertiary/aromatic N) is 1. The molecule has 96 valence electrons. The molecule has 0 saturated carbocycles. The molecule has 1 atom stereocenters. The summed E-state index contributed by atoms with van der Waals surface area (Å²) in [6.45, 7) is 2.54. The molecule has 0 aliphatic carbocycles. The van der Waals surface area contributed by atoms with Crippen LogP contribution in [0.4, 0.5) is 0 Å². The predicted octanol–water partition coefficient (Wildman–Crippen LogP) is 0.434. The first-order valence-electron chi connectivity index (χ1n) is 6.16. The van der Waals surface area contributed by atoms with Gasteiger partial charge in [0.15, 0.2) is 0 Å². The summed E-state index contributed by atoms with van der Waals surface area (Å²) in [5.74, 6) is -0.0732. The molecule has 17 heavy (non-hydrogen) atoms. The van der Waals surface area contributed by atoms with Gasteiger partial charge in [0.05, 0.1) is 13.0 Å². The van der Waals surface area contributed by atoms with Crippen LogP contribution in [0.15, 0.2) is 0 Å². The van der Waals surface area contributed by atoms with Crippen molar-refractivity contribution in [1.29, 1.82) is 0 Å². The molecule has 0 spiro atoms. The van der Waals surface area contributed by atoms with Crippen molar-refractivity contribution in [2.45, 2.75) is 19.3 Å². The number of carbonyl (C=O) groups is 2. The highest BCUT2D eigenvalue weighted by Gasteiger charge is 2.34. The van der Waals surface area contributed by atoms with Gasteiger partial charge in [0.1, 0.15) is 0 Å². The summed E-state index contributed by atoms with van der Waals surface area (Å²) in [7, 11) is 1.39. The molecular weight excluding hydrogens is 222 g/mol. The highest BCUT2D eigenvalue weighted by molar-refractivity contribution is 5.81. The Labute approximate surface area is 101 Å². The summed E-state index contributed by atoms with van der Waals surface area (Å²) in [4.78, 5) is 25.4. The van der Waals surface area contributed by atoms with Gasteiger partial charge in [-0.15, -0.1) is 0 Å². The highest BCUT2D eigenvalue weighted by Crippen LogP contribution is 2.23. The molecule has 0 aromatic heterocycles. The van der Waals surface area contributed by atoms with Crippen molar-refractivity contribution in [1.82, 2.24) is 4.90 Å². The average molecular weight is 241 g/mol. The standard InChI is InChI=1S/C12H19NO4/c1-16-12(15)10-2-5-13(8-10)11(14)9-3-6-17-7-4-9/h9-10H,2-8H2,1H3. The van der Waals surface area contributed by atoms with Gasteiger partial charge in [-0.25, -0.2) is 0 Å². The zero-order valence-corrected chi connectivity index (χ0v) is 10.2. The molecule has 0 aromatic carbocycles. The molecule has 1 unspecified atom stereocenters. The van der Waals surface area contributed by atoms with Gasteiger partial charge in [0.2, 0.25) is 5.91 Å². The van der Waals surface area contributed by atoms with Crippen molar-refractivity contribution in [3.05, 3.63) is 0 Å². The first-order chi connectivity index (χ1) is 8.22. The molecule has 2 fully saturated rings. The van der Waals surface area contributed by atoms with Gasteiger partial charge >= 0.3 is 5.97 Å². The third-order valence-electron chi connectivity index (χ3n) is 3.60. The van der Waals surface area contributed by atoms with Gasteiger partial charge in [0, 0.05) is 32.2 Å². The molecule has 2 heterocycles. The van der Waals surface area contributed by atoms with E-state index in [9.17, 15) is 9.59 Å². The molecule has 2 aliphatic rings. The van der Waals surface area contributed by atoms with E-state index in [4.69, 9.17) is 9.47 Å². The van der Waals surface area contributed by atoms with Crippen molar-refractivity contribution in [3.63, 3.8) is 0 Å². The Morgan fingerprint density at radius 2 is 1.88 bits per heavy atom. The quantitative estimate of drug-likeness (QED) is 0.658. The normalized spacial score (nSPS) is 25.9. The molecule has 2 saturated heterocycles. The van der Waals surface area contributed by atoms with Crippen LogP contribution in [0.2, 0.25) is 0 Å². The fraction of sp³-hybridized carbons (Fsp3) is 0.833. The SMILES string of the molecule is COC(=O)C1CCN(C(=O)C2CCOCC2)C1. The maximum Gasteiger partial charge on any atom is 0.310 e. The minimum atomic E-state index is -0.202. The molecule has 0 radical (unpaired) electrons. The Morgan fingerprint density at radius 1 is 1.18 bits per heavy atom. The highest BCUT2D eigenvalue weighted by atomic mass is 16.5. The number of likely N-dealkylation sites (tertiary alicyclic amines) is 1. The lowest BCUT2D eigenvalue weighted by atomic mass is 9.99. The Bertz CT molecular complexity index is 299. The van der Waals surface area contributed by atoms with E-state index in [1.54, 1.807) is 4.90 Å². The Morgan fingerprint density at radius 3 is 2.53 bits per heavy atom. The van der Waals surface area contributed by atoms with Crippen molar-refractivity contribution < 1.29 is 19.1 Å². The third kappa shape index (κ3) is 2.77. The summed E-state index contributed by atoms with van der Waals surface area (Å²) in [6, 6.07) is 0. The summed E-state index contributed by atoms with van der Waals surface area (Å²) in [5.41, 5.74) is 0. The van der Waals surface area contributed by atoms with Crippen LogP contribution >= 0.6 is 0 Å². The summed E-state index contributed by atoms with van der Waals surface area (Å²) in [6.07, 6.45) is 2.33. The Kier molecular flexibility index (Phi) is 3.99. The second-order valence-corrected chi connectivity index (χ2v) is 4.68. The van der Waals surface area contributed by atoms with E-state index in [1.165, 1.54) is 7.11 Å². The second kappa shape index (κ2) is 5.49. The van der Waals surface area contributed by atoms with E-state index in [0.29, 0.717) is 26.3 Å². The first-order valence-corrected chi connectivity index (χ1v) is 6.16. The fourth-order valence-electron chi connectivity index (χ4n) is 2.52. The topological polar surface area (TPSA) is 55.8 Å². The van der Waals surface area contributed by atoms with Crippen molar-refractivity contribution in [2.75, 3.05) is 33.4 Å². The number of rotatable bonds is 2. The van der Waals surface area contributed by atoms with Gasteiger partial charge in [0.25, 0.3) is 0 Å². The van der Waals surface area contributed by atoms with Gasteiger partial charge in [-0.05, 0) is 19.3 Å². The van der Waals surface area contributed by atoms with Crippen LogP contribution in [0, 0.1) is 11.8 Å². The first kappa shape index (κ1) is 12.4. The Balaban J connectivity index is 1.87. The number of hydrogen-bond acceptors (Lipinski definition) is 4. The molecule has 0 N–H and O–H groups in total. The van der Waals surface area contributed by atoms with Crippen LogP contribution in [0.1, 0.15) is 19.3 Å². The summed E-state index contributed by atoms with van der Waals surface area (Å²) in [5, 5.41) is 0. The lowest BCUT2D eigenvalue weighted by molar-refractivity contribution is -0.145. The Hall–Kier alpha value is -1.10. The minimum Gasteiger partial charge on any atom is -0.469 e. The van der Waals surface area contributed by atoms with Crippen LogP contribution in [0.5, 0.6) is 0 Å². The van der Waals surface area contributed by atoms with Gasteiger partial charge in [-0.3, -0.25) is 9.59 Å². The molecule has 2 aliphatic heterocycles. The molecule has 1 amide bonds. The molecule has 2 rings (SSSR count). The molecule has 0 bridgehead atoms. The van der Waals surface area contributed by atoms with E-state index in [1.807, 2.05) is 0 Å². The van der Waals surface area contributed by atoms with E-state index >= 15 is 0 Å². The van der Waals surface area contributed by atoms with Crippen LogP contribution < -0.4 is 0 Å². The maximum absolute atomic E-state index is 12.2. The lowest BCUT2D eigenvalue weighted by Gasteiger charge is -2.26. The molecule has 5 heteroatoms. The van der Waals surface area contributed by atoms with Gasteiger partial charge in [-0.1, -0.05) is 0 Å². The van der Waals surface area contributed by atoms with E-state index < -0.39 is 0 Å². The minimum absolute atomic E-state index is 0.0835. The second-order valence-electron chi connectivity index (χ2n) is 4.68. The molecule has 5 nitrogen and oxygen atoms in total. The van der Waals surface area contributed by atoms with Crippen LogP contribution in [0.25, 0.3) is 0 Å². The number of methoxy groups -OCH3 is 1. The average Bonchev–Trinajstić information content (AvgIpc) is 2.87. The summed E-state index contributed by atoms with van der Waals surface area (Å²) >= 11 is 0. The van der Waals surface area contributed by atoms with E-state index in [2.05, 4.69) is 0 Å². The van der Waals surface area contributed by atoms with Crippen molar-refractivity contribution in [2.24, 2.45) is 11.8 Å². The summed E-state index contributed by atoms with van der Waals surface area (Å²) < 4.78 is 9.96. The number of esters is 1. The van der Waals surface area contributed by atoms with Crippen LogP contribution in [-0.4, -0.2) is 50.2 Å². The third-order valence-corrected chi connectivity index (χ3v) is 3.60. The predicted molar refractivity (Wildman–Crippen MR) is 60.2 cm³/mol. The number of carbonyl (C=O) groups excluding carboxylic acids is 2. The number of ether oxygens (including phenoxy) is 2. The van der Waals surface area contributed by atoms with Gasteiger partial charge < -0.3 is 14.4 Å². The lowest BCUT2D eigenvalue weighted by Crippen LogP contribution is -2.37. The fourth-order valence-corrected chi connectivity index (χ4v) is 2.52. The molecule has 0 aromatic rings.